The first kappa shape index (κ1) is 32.5. The largest absolute Gasteiger partial charge is 0.488 e. The highest BCUT2D eigenvalue weighted by Crippen LogP contribution is 2.30. The number of aromatic nitrogens is 1. The summed E-state index contributed by atoms with van der Waals surface area (Å²) in [4.78, 5) is 29.8. The van der Waals surface area contributed by atoms with Crippen molar-refractivity contribution in [3.63, 3.8) is 0 Å². The summed E-state index contributed by atoms with van der Waals surface area (Å²) >= 11 is 0. The van der Waals surface area contributed by atoms with Crippen molar-refractivity contribution in [3.8, 4) is 0 Å². The summed E-state index contributed by atoms with van der Waals surface area (Å²) in [5, 5.41) is 12.7. The highest BCUT2D eigenvalue weighted by molar-refractivity contribution is 6.12. The molecule has 10 nitrogen and oxygen atoms in total. The predicted molar refractivity (Wildman–Crippen MR) is 172 cm³/mol. The molecule has 2 atom stereocenters. The van der Waals surface area contributed by atoms with Crippen LogP contribution in [0.4, 0.5) is 5.82 Å². The summed E-state index contributed by atoms with van der Waals surface area (Å²) in [6.45, 7) is 16.7. The number of hydrogen-bond donors (Lipinski definition) is 2. The molecule has 0 spiro atoms. The Morgan fingerprint density at radius 3 is 2.61 bits per heavy atom. The average molecular weight is 600 g/mol. The van der Waals surface area contributed by atoms with Gasteiger partial charge in [0.2, 0.25) is 5.88 Å². The van der Waals surface area contributed by atoms with E-state index in [0.717, 1.165) is 37.9 Å². The first-order chi connectivity index (χ1) is 21.2. The van der Waals surface area contributed by atoms with Gasteiger partial charge in [-0.15, -0.1) is 4.91 Å². The summed E-state index contributed by atoms with van der Waals surface area (Å²) < 4.78 is 17.5. The first-order valence-electron chi connectivity index (χ1n) is 14.7. The van der Waals surface area contributed by atoms with Gasteiger partial charge < -0.3 is 24.9 Å². The molecule has 0 saturated carbocycles. The van der Waals surface area contributed by atoms with Crippen molar-refractivity contribution < 1.29 is 19.0 Å². The van der Waals surface area contributed by atoms with Crippen LogP contribution in [-0.2, 0) is 38.6 Å². The van der Waals surface area contributed by atoms with E-state index in [9.17, 15) is 9.70 Å². The van der Waals surface area contributed by atoms with E-state index in [1.54, 1.807) is 24.3 Å². The van der Waals surface area contributed by atoms with E-state index in [1.807, 2.05) is 6.92 Å². The van der Waals surface area contributed by atoms with Crippen LogP contribution in [0.3, 0.4) is 0 Å². The number of nitrogens with one attached hydrogen (secondary N) is 2. The van der Waals surface area contributed by atoms with Gasteiger partial charge in [-0.2, -0.15) is 0 Å². The molecule has 44 heavy (non-hydrogen) atoms. The number of benzene rings is 1. The number of methoxy groups -OCH3 is 1. The number of amides is 1. The Hall–Kier alpha value is -4.41. The van der Waals surface area contributed by atoms with Crippen molar-refractivity contribution in [3.05, 3.63) is 106 Å². The number of carbonyl (C=O) groups is 1. The zero-order chi connectivity index (χ0) is 31.8. The molecule has 2 aliphatic rings. The van der Waals surface area contributed by atoms with Crippen LogP contribution in [0.2, 0.25) is 0 Å². The first-order valence-corrected chi connectivity index (χ1v) is 14.7. The number of pyridine rings is 1. The maximum Gasteiger partial charge on any atom is 0.323 e. The van der Waals surface area contributed by atoms with E-state index in [0.29, 0.717) is 59.5 Å². The maximum absolute atomic E-state index is 11.8. The number of ether oxygens (including phenoxy) is 3. The minimum Gasteiger partial charge on any atom is -0.488 e. The molecule has 1 amide bonds. The molecule has 1 aromatic heterocycles. The lowest BCUT2D eigenvalue weighted by Crippen LogP contribution is -2.46. The van der Waals surface area contributed by atoms with Crippen LogP contribution in [-0.4, -0.2) is 53.9 Å². The summed E-state index contributed by atoms with van der Waals surface area (Å²) in [7, 11) is 1.31. The number of rotatable bonds is 12. The summed E-state index contributed by atoms with van der Waals surface area (Å²) in [5.74, 6) is -0.388. The van der Waals surface area contributed by atoms with E-state index in [2.05, 4.69) is 65.6 Å². The number of fused-ring (bicyclic) bond motifs is 1. The zero-order valence-corrected chi connectivity index (χ0v) is 25.9. The number of carbonyl (C=O) groups excluding carboxylic acids is 1. The van der Waals surface area contributed by atoms with Crippen LogP contribution in [0, 0.1) is 10.3 Å². The van der Waals surface area contributed by atoms with Crippen molar-refractivity contribution in [2.24, 2.45) is 5.18 Å². The van der Waals surface area contributed by atoms with Gasteiger partial charge in [-0.25, -0.2) is 4.98 Å². The van der Waals surface area contributed by atoms with Gasteiger partial charge in [0.25, 0.3) is 0 Å². The fourth-order valence-electron chi connectivity index (χ4n) is 5.87. The van der Waals surface area contributed by atoms with E-state index < -0.39 is 5.91 Å². The fraction of sp³-hybridized carbons (Fsp3) is 0.382. The van der Waals surface area contributed by atoms with Gasteiger partial charge in [-0.1, -0.05) is 43.5 Å². The minimum absolute atomic E-state index is 0.123. The van der Waals surface area contributed by atoms with Gasteiger partial charge >= 0.3 is 5.91 Å². The van der Waals surface area contributed by atoms with Gasteiger partial charge in [0.15, 0.2) is 0 Å². The van der Waals surface area contributed by atoms with Gasteiger partial charge in [-0.3, -0.25) is 9.69 Å². The molecular weight excluding hydrogens is 558 g/mol. The maximum atomic E-state index is 11.8. The molecule has 0 aliphatic carbocycles. The molecular formula is C34H41N5O5. The quantitative estimate of drug-likeness (QED) is 0.0957. The van der Waals surface area contributed by atoms with Crippen molar-refractivity contribution >= 4 is 23.5 Å². The lowest BCUT2D eigenvalue weighted by atomic mass is 9.92. The summed E-state index contributed by atoms with van der Waals surface area (Å²) in [6, 6.07) is 12.3. The molecule has 4 rings (SSSR count). The zero-order valence-electron chi connectivity index (χ0n) is 25.9. The van der Waals surface area contributed by atoms with E-state index in [1.165, 1.54) is 18.2 Å². The molecule has 232 valence electrons. The number of nitrogens with zero attached hydrogens (tertiary/aromatic N) is 3. The van der Waals surface area contributed by atoms with Crippen LogP contribution in [0.1, 0.15) is 56.0 Å². The number of anilines is 1. The molecule has 2 N–H and O–H groups in total. The highest BCUT2D eigenvalue weighted by atomic mass is 16.5. The Bertz CT molecular complexity index is 1490. The van der Waals surface area contributed by atoms with Crippen molar-refractivity contribution in [1.82, 2.24) is 9.88 Å². The summed E-state index contributed by atoms with van der Waals surface area (Å²) in [6.07, 6.45) is 6.11. The molecule has 0 bridgehead atoms. The molecule has 1 aromatic carbocycles. The van der Waals surface area contributed by atoms with E-state index in [-0.39, 0.29) is 11.5 Å². The Kier molecular flexibility index (Phi) is 11.0. The van der Waals surface area contributed by atoms with Crippen molar-refractivity contribution in [1.29, 1.82) is 5.41 Å². The summed E-state index contributed by atoms with van der Waals surface area (Å²) in [5.41, 5.74) is 5.34. The van der Waals surface area contributed by atoms with Gasteiger partial charge in [0.1, 0.15) is 23.8 Å². The predicted octanol–water partition coefficient (Wildman–Crippen LogP) is 6.30. The number of hydrogen-bond acceptors (Lipinski definition) is 9. The van der Waals surface area contributed by atoms with Crippen LogP contribution in [0.25, 0.3) is 5.57 Å². The standard InChI is InChI=1S/C34H41N5O5/c1-7-28(30-9-8-10-31(36-30)37-34(42-6)29(18-35)33(40)38-41)32(21(2)3)43-20-24-11-12-26-19-39(14-13-25(26)17-24)27-15-22(4)44-23(5)16-27/h7-12,17-18,22-23,27,35H,1-2,13-16,19-20H2,3-6H3,(H,36,37)/b32-28-,34-29-,35-18?. The Balaban J connectivity index is 1.51. The molecule has 2 unspecified atom stereocenters. The topological polar surface area (TPSA) is 126 Å². The normalized spacial score (nSPS) is 21.1. The van der Waals surface area contributed by atoms with Crippen LogP contribution < -0.4 is 5.32 Å². The van der Waals surface area contributed by atoms with E-state index >= 15 is 0 Å². The average Bonchev–Trinajstić information content (AvgIpc) is 3.01. The molecule has 1 saturated heterocycles. The number of allylic oxidation sites excluding steroid dienone is 3. The highest BCUT2D eigenvalue weighted by Gasteiger charge is 2.31. The van der Waals surface area contributed by atoms with Gasteiger partial charge in [-0.05, 0) is 74.4 Å². The lowest BCUT2D eigenvalue weighted by Gasteiger charge is -2.41. The third kappa shape index (κ3) is 7.75. The molecule has 1 fully saturated rings. The lowest BCUT2D eigenvalue weighted by molar-refractivity contribution is -0.114. The van der Waals surface area contributed by atoms with Crippen LogP contribution in [0.5, 0.6) is 0 Å². The molecule has 0 radical (unpaired) electrons. The van der Waals surface area contributed by atoms with Crippen molar-refractivity contribution in [2.45, 2.75) is 71.4 Å². The van der Waals surface area contributed by atoms with E-state index in [4.69, 9.17) is 19.6 Å². The van der Waals surface area contributed by atoms with Gasteiger partial charge in [0, 0.05) is 36.1 Å². The third-order valence-corrected chi connectivity index (χ3v) is 7.89. The molecule has 10 heteroatoms. The molecule has 2 aliphatic heterocycles. The smallest absolute Gasteiger partial charge is 0.323 e. The van der Waals surface area contributed by atoms with Crippen molar-refractivity contribution in [2.75, 3.05) is 19.0 Å². The fourth-order valence-corrected chi connectivity index (χ4v) is 5.87. The minimum atomic E-state index is -1.13. The Labute approximate surface area is 259 Å². The van der Waals surface area contributed by atoms with Gasteiger partial charge in [0.05, 0.1) is 25.0 Å². The second-order valence-electron chi connectivity index (χ2n) is 11.2. The monoisotopic (exact) mass is 599 g/mol. The third-order valence-electron chi connectivity index (χ3n) is 7.89. The second kappa shape index (κ2) is 14.9. The Morgan fingerprint density at radius 1 is 1.23 bits per heavy atom. The number of nitroso groups, excluding NO2 is 1. The molecule has 2 aromatic rings. The van der Waals surface area contributed by atoms with Crippen LogP contribution >= 0.6 is 0 Å². The second-order valence-corrected chi connectivity index (χ2v) is 11.2. The SMILES string of the molecule is C=C/C(=C(/OCc1ccc2c(c1)CCN(C1CC(C)OC(C)C1)C2)C(=C)C)c1cccc(N/C(OC)=C(\C=N)C(=O)N=O)n1. The Morgan fingerprint density at radius 2 is 1.98 bits per heavy atom. The van der Waals surface area contributed by atoms with Crippen LogP contribution in [0.15, 0.2) is 83.6 Å². The molecule has 3 heterocycles.